The Labute approximate surface area is 186 Å². The van der Waals surface area contributed by atoms with E-state index in [1.807, 2.05) is 18.2 Å². The summed E-state index contributed by atoms with van der Waals surface area (Å²) in [5.41, 5.74) is 1.12. The van der Waals surface area contributed by atoms with Crippen molar-refractivity contribution in [3.8, 4) is 11.5 Å². The quantitative estimate of drug-likeness (QED) is 0.626. The Hall–Kier alpha value is -1.66. The average Bonchev–Trinajstić information content (AvgIpc) is 3.48. The molecule has 0 aliphatic carbocycles. The Balaban J connectivity index is 1.27. The maximum Gasteiger partial charge on any atom is 0.231 e. The molecule has 11 heteroatoms. The van der Waals surface area contributed by atoms with E-state index in [0.29, 0.717) is 13.1 Å². The molecule has 2 aromatic rings. The largest absolute Gasteiger partial charge is 0.454 e. The molecule has 0 saturated carbocycles. The normalized spacial score (nSPS) is 26.3. The number of thiophene rings is 1. The highest BCUT2D eigenvalue weighted by Gasteiger charge is 2.48. The first kappa shape index (κ1) is 21.2. The maximum absolute atomic E-state index is 13.1. The van der Waals surface area contributed by atoms with Crippen LogP contribution in [0.2, 0.25) is 0 Å². The zero-order valence-corrected chi connectivity index (χ0v) is 19.3. The van der Waals surface area contributed by atoms with Gasteiger partial charge in [-0.1, -0.05) is 12.1 Å². The Bertz CT molecular complexity index is 1160. The van der Waals surface area contributed by atoms with Crippen molar-refractivity contribution in [2.24, 2.45) is 0 Å². The number of fused-ring (bicyclic) bond motifs is 1. The summed E-state index contributed by atoms with van der Waals surface area (Å²) >= 11 is 1.15. The SMILES string of the molecule is O=S1(=O)C[C@H](N2CCN(Cc3ccc4c(c3)OCO4)CC2)[C@@H](S(=O)(=O)c2cccs2)C1. The van der Waals surface area contributed by atoms with Crippen molar-refractivity contribution in [1.29, 1.82) is 0 Å². The third-order valence-corrected chi connectivity index (χ3v) is 11.7. The van der Waals surface area contributed by atoms with Crippen LogP contribution in [0, 0.1) is 0 Å². The average molecular weight is 485 g/mol. The number of benzene rings is 1. The topological polar surface area (TPSA) is 93.2 Å². The number of ether oxygens (including phenoxy) is 2. The molecule has 0 spiro atoms. The van der Waals surface area contributed by atoms with Crippen molar-refractivity contribution in [1.82, 2.24) is 9.80 Å². The maximum atomic E-state index is 13.1. The third kappa shape index (κ3) is 4.21. The van der Waals surface area contributed by atoms with Crippen LogP contribution >= 0.6 is 11.3 Å². The van der Waals surface area contributed by atoms with Gasteiger partial charge in [0.2, 0.25) is 6.79 Å². The molecular formula is C20H24N2O6S3. The molecule has 1 aromatic heterocycles. The van der Waals surface area contributed by atoms with Crippen molar-refractivity contribution in [3.05, 3.63) is 41.3 Å². The van der Waals surface area contributed by atoms with Crippen LogP contribution in [0.3, 0.4) is 0 Å². The molecule has 2 atom stereocenters. The van der Waals surface area contributed by atoms with E-state index in [9.17, 15) is 16.8 Å². The molecule has 5 rings (SSSR count). The minimum Gasteiger partial charge on any atom is -0.454 e. The molecule has 0 amide bonds. The number of nitrogens with zero attached hydrogens (tertiary/aromatic N) is 2. The molecule has 4 heterocycles. The summed E-state index contributed by atoms with van der Waals surface area (Å²) in [6.45, 7) is 3.78. The molecule has 8 nitrogen and oxygen atoms in total. The van der Waals surface area contributed by atoms with Crippen LogP contribution in [-0.2, 0) is 26.2 Å². The summed E-state index contributed by atoms with van der Waals surface area (Å²) in [4.78, 5) is 4.34. The zero-order valence-electron chi connectivity index (χ0n) is 16.8. The molecular weight excluding hydrogens is 460 g/mol. The zero-order chi connectivity index (χ0) is 21.6. The van der Waals surface area contributed by atoms with Gasteiger partial charge in [-0.25, -0.2) is 16.8 Å². The van der Waals surface area contributed by atoms with Gasteiger partial charge in [-0.2, -0.15) is 0 Å². The minimum absolute atomic E-state index is 0.0928. The lowest BCUT2D eigenvalue weighted by Gasteiger charge is -2.39. The number of rotatable bonds is 5. The Morgan fingerprint density at radius 1 is 1.03 bits per heavy atom. The molecule has 0 N–H and O–H groups in total. The van der Waals surface area contributed by atoms with Crippen molar-refractivity contribution in [3.63, 3.8) is 0 Å². The first-order chi connectivity index (χ1) is 14.8. The Kier molecular flexibility index (Phi) is 5.50. The van der Waals surface area contributed by atoms with E-state index in [4.69, 9.17) is 9.47 Å². The van der Waals surface area contributed by atoms with Gasteiger partial charge < -0.3 is 9.47 Å². The molecule has 31 heavy (non-hydrogen) atoms. The second kappa shape index (κ2) is 8.04. The number of hydrogen-bond donors (Lipinski definition) is 0. The lowest BCUT2D eigenvalue weighted by atomic mass is 10.1. The van der Waals surface area contributed by atoms with Crippen LogP contribution in [0.1, 0.15) is 5.56 Å². The van der Waals surface area contributed by atoms with Crippen molar-refractivity contribution < 1.29 is 26.3 Å². The first-order valence-electron chi connectivity index (χ1n) is 10.1. The second-order valence-electron chi connectivity index (χ2n) is 8.16. The number of hydrogen-bond acceptors (Lipinski definition) is 9. The van der Waals surface area contributed by atoms with Gasteiger partial charge >= 0.3 is 0 Å². The van der Waals surface area contributed by atoms with Crippen LogP contribution in [0.15, 0.2) is 39.9 Å². The lowest BCUT2D eigenvalue weighted by Crippen LogP contribution is -2.54. The molecule has 0 radical (unpaired) electrons. The van der Waals surface area contributed by atoms with E-state index in [-0.39, 0.29) is 22.5 Å². The van der Waals surface area contributed by atoms with Gasteiger partial charge in [0.05, 0.1) is 16.8 Å². The summed E-state index contributed by atoms with van der Waals surface area (Å²) in [7, 11) is -7.07. The molecule has 1 aromatic carbocycles. The summed E-state index contributed by atoms with van der Waals surface area (Å²) < 4.78 is 62.1. The number of piperazine rings is 1. The predicted octanol–water partition coefficient (Wildman–Crippen LogP) is 1.23. The molecule has 168 valence electrons. The molecule has 0 bridgehead atoms. The van der Waals surface area contributed by atoms with E-state index >= 15 is 0 Å². The van der Waals surface area contributed by atoms with Crippen molar-refractivity contribution in [2.75, 3.05) is 44.5 Å². The van der Waals surface area contributed by atoms with Crippen LogP contribution in [0.5, 0.6) is 11.5 Å². The van der Waals surface area contributed by atoms with Gasteiger partial charge in [0, 0.05) is 38.8 Å². The summed E-state index contributed by atoms with van der Waals surface area (Å²) in [6.07, 6.45) is 0. The fourth-order valence-corrected chi connectivity index (χ4v) is 10.6. The minimum atomic E-state index is -3.67. The number of sulfone groups is 2. The smallest absolute Gasteiger partial charge is 0.231 e. The van der Waals surface area contributed by atoms with E-state index in [0.717, 1.165) is 48.0 Å². The Morgan fingerprint density at radius 3 is 2.55 bits per heavy atom. The van der Waals surface area contributed by atoms with E-state index in [1.165, 1.54) is 0 Å². The second-order valence-corrected chi connectivity index (χ2v) is 13.7. The monoisotopic (exact) mass is 484 g/mol. The highest BCUT2D eigenvalue weighted by Crippen LogP contribution is 2.34. The predicted molar refractivity (Wildman–Crippen MR) is 117 cm³/mol. The van der Waals surface area contributed by atoms with E-state index < -0.39 is 31.0 Å². The van der Waals surface area contributed by atoms with Gasteiger partial charge in [-0.15, -0.1) is 11.3 Å². The fraction of sp³-hybridized carbons (Fsp3) is 0.500. The summed E-state index contributed by atoms with van der Waals surface area (Å²) in [5, 5.41) is 0.803. The molecule has 3 aliphatic heterocycles. The van der Waals surface area contributed by atoms with Crippen molar-refractivity contribution in [2.45, 2.75) is 22.0 Å². The van der Waals surface area contributed by atoms with Crippen LogP contribution in [0.25, 0.3) is 0 Å². The lowest BCUT2D eigenvalue weighted by molar-refractivity contribution is 0.101. The van der Waals surface area contributed by atoms with Gasteiger partial charge in [0.15, 0.2) is 31.2 Å². The summed E-state index contributed by atoms with van der Waals surface area (Å²) in [5.74, 6) is 1.13. The van der Waals surface area contributed by atoms with Crippen LogP contribution < -0.4 is 9.47 Å². The van der Waals surface area contributed by atoms with Crippen molar-refractivity contribution >= 4 is 31.0 Å². The van der Waals surface area contributed by atoms with Gasteiger partial charge in [0.1, 0.15) is 4.21 Å². The van der Waals surface area contributed by atoms with Crippen LogP contribution in [-0.4, -0.2) is 82.4 Å². The van der Waals surface area contributed by atoms with Crippen LogP contribution in [0.4, 0.5) is 0 Å². The van der Waals surface area contributed by atoms with Gasteiger partial charge in [-0.05, 0) is 29.1 Å². The highest BCUT2D eigenvalue weighted by molar-refractivity contribution is 7.97. The molecule has 3 aliphatic rings. The Morgan fingerprint density at radius 2 is 1.81 bits per heavy atom. The van der Waals surface area contributed by atoms with Gasteiger partial charge in [-0.3, -0.25) is 9.80 Å². The summed E-state index contributed by atoms with van der Waals surface area (Å²) in [6, 6.07) is 8.67. The standard InChI is InChI=1S/C20H24N2O6S3/c23-30(24)12-16(19(13-30)31(25,26)20-2-1-9-29-20)22-7-5-21(6-8-22)11-15-3-4-17-18(10-15)28-14-27-17/h1-4,9-10,16,19H,5-8,11-14H2/t16-,19-/m0/s1. The van der Waals surface area contributed by atoms with Gasteiger partial charge in [0.25, 0.3) is 0 Å². The first-order valence-corrected chi connectivity index (χ1v) is 14.4. The van der Waals surface area contributed by atoms with E-state index in [2.05, 4.69) is 9.80 Å². The molecule has 2 saturated heterocycles. The molecule has 0 unspecified atom stereocenters. The molecule has 2 fully saturated rings. The third-order valence-electron chi connectivity index (χ3n) is 6.17. The highest BCUT2D eigenvalue weighted by atomic mass is 32.2. The van der Waals surface area contributed by atoms with E-state index in [1.54, 1.807) is 17.5 Å². The fourth-order valence-electron chi connectivity index (χ4n) is 4.56.